The van der Waals surface area contributed by atoms with Gasteiger partial charge in [0.05, 0.1) is 11.9 Å². The van der Waals surface area contributed by atoms with E-state index in [0.29, 0.717) is 17.6 Å². The SMILES string of the molecule is CCOc1ccc(-n2c(S[C@H](C)C(=O)NC)nnc2-c2ccc(Br)cc2)cc1. The minimum atomic E-state index is -0.298. The van der Waals surface area contributed by atoms with Crippen molar-refractivity contribution in [2.24, 2.45) is 0 Å². The van der Waals surface area contributed by atoms with Gasteiger partial charge in [-0.15, -0.1) is 10.2 Å². The number of ether oxygens (including phenoxy) is 1. The second kappa shape index (κ2) is 9.25. The molecule has 1 atom stereocenters. The van der Waals surface area contributed by atoms with E-state index in [-0.39, 0.29) is 11.2 Å². The first kappa shape index (κ1) is 20.4. The highest BCUT2D eigenvalue weighted by Gasteiger charge is 2.21. The highest BCUT2D eigenvalue weighted by atomic mass is 79.9. The lowest BCUT2D eigenvalue weighted by molar-refractivity contribution is -0.119. The van der Waals surface area contributed by atoms with Crippen LogP contribution in [-0.4, -0.2) is 39.6 Å². The van der Waals surface area contributed by atoms with Gasteiger partial charge in [0.1, 0.15) is 5.75 Å². The Labute approximate surface area is 176 Å². The van der Waals surface area contributed by atoms with E-state index in [4.69, 9.17) is 4.74 Å². The van der Waals surface area contributed by atoms with Crippen LogP contribution in [0.4, 0.5) is 0 Å². The lowest BCUT2D eigenvalue weighted by Gasteiger charge is -2.13. The molecule has 146 valence electrons. The molecule has 0 radical (unpaired) electrons. The Morgan fingerprint density at radius 1 is 1.18 bits per heavy atom. The number of halogens is 1. The van der Waals surface area contributed by atoms with Crippen LogP contribution in [0.3, 0.4) is 0 Å². The fourth-order valence-electron chi connectivity index (χ4n) is 2.64. The molecule has 0 spiro atoms. The maximum atomic E-state index is 12.0. The summed E-state index contributed by atoms with van der Waals surface area (Å²) in [6, 6.07) is 15.7. The van der Waals surface area contributed by atoms with Crippen LogP contribution >= 0.6 is 27.7 Å². The number of nitrogens with zero attached hydrogens (tertiary/aromatic N) is 3. The third kappa shape index (κ3) is 4.56. The maximum absolute atomic E-state index is 12.0. The largest absolute Gasteiger partial charge is 0.494 e. The average molecular weight is 461 g/mol. The molecule has 0 bridgehead atoms. The summed E-state index contributed by atoms with van der Waals surface area (Å²) in [7, 11) is 1.63. The summed E-state index contributed by atoms with van der Waals surface area (Å²) in [6.07, 6.45) is 0. The number of thioether (sulfide) groups is 1. The molecular formula is C20H21BrN4O2S. The number of benzene rings is 2. The number of amides is 1. The van der Waals surface area contributed by atoms with Crippen LogP contribution in [0, 0.1) is 0 Å². The standard InChI is InChI=1S/C20H21BrN4O2S/c1-4-27-17-11-9-16(10-12-17)25-18(14-5-7-15(21)8-6-14)23-24-20(25)28-13(2)19(26)22-3/h5-13H,4H2,1-3H3,(H,22,26)/t13-/m1/s1. The van der Waals surface area contributed by atoms with E-state index >= 15 is 0 Å². The van der Waals surface area contributed by atoms with Gasteiger partial charge in [0, 0.05) is 22.8 Å². The number of nitrogens with one attached hydrogen (secondary N) is 1. The van der Waals surface area contributed by atoms with Gasteiger partial charge in [-0.25, -0.2) is 0 Å². The van der Waals surface area contributed by atoms with Gasteiger partial charge in [0.15, 0.2) is 11.0 Å². The van der Waals surface area contributed by atoms with E-state index in [0.717, 1.165) is 21.5 Å². The molecule has 0 aliphatic heterocycles. The summed E-state index contributed by atoms with van der Waals surface area (Å²) in [4.78, 5) is 12.0. The van der Waals surface area contributed by atoms with Crippen molar-refractivity contribution in [3.63, 3.8) is 0 Å². The zero-order valence-electron chi connectivity index (χ0n) is 15.8. The molecule has 0 unspecified atom stereocenters. The number of hydrogen-bond acceptors (Lipinski definition) is 5. The summed E-state index contributed by atoms with van der Waals surface area (Å²) in [5.74, 6) is 1.46. The minimum absolute atomic E-state index is 0.0589. The molecule has 2 aromatic carbocycles. The Morgan fingerprint density at radius 3 is 2.46 bits per heavy atom. The number of aromatic nitrogens is 3. The molecule has 1 N–H and O–H groups in total. The Balaban J connectivity index is 2.05. The van der Waals surface area contributed by atoms with Crippen molar-refractivity contribution in [3.05, 3.63) is 53.0 Å². The molecule has 1 aromatic heterocycles. The first-order valence-electron chi connectivity index (χ1n) is 8.86. The summed E-state index contributed by atoms with van der Waals surface area (Å²) in [6.45, 7) is 4.41. The number of carbonyl (C=O) groups is 1. The fourth-order valence-corrected chi connectivity index (χ4v) is 3.83. The van der Waals surface area contributed by atoms with Crippen molar-refractivity contribution in [3.8, 4) is 22.8 Å². The third-order valence-corrected chi connectivity index (χ3v) is 5.61. The molecule has 1 heterocycles. The van der Waals surface area contributed by atoms with E-state index in [1.807, 2.05) is 66.9 Å². The van der Waals surface area contributed by atoms with Crippen molar-refractivity contribution in [1.29, 1.82) is 0 Å². The highest BCUT2D eigenvalue weighted by Crippen LogP contribution is 2.31. The Morgan fingerprint density at radius 2 is 1.86 bits per heavy atom. The normalized spacial score (nSPS) is 11.9. The van der Waals surface area contributed by atoms with Crippen molar-refractivity contribution in [2.45, 2.75) is 24.3 Å². The first-order valence-corrected chi connectivity index (χ1v) is 10.5. The van der Waals surface area contributed by atoms with Gasteiger partial charge in [0.25, 0.3) is 0 Å². The first-order chi connectivity index (χ1) is 13.5. The van der Waals surface area contributed by atoms with E-state index in [9.17, 15) is 4.79 Å². The van der Waals surface area contributed by atoms with Gasteiger partial charge in [-0.05, 0) is 50.2 Å². The third-order valence-electron chi connectivity index (χ3n) is 4.04. The zero-order valence-corrected chi connectivity index (χ0v) is 18.3. The van der Waals surface area contributed by atoms with Gasteiger partial charge in [-0.1, -0.05) is 39.8 Å². The maximum Gasteiger partial charge on any atom is 0.233 e. The van der Waals surface area contributed by atoms with Crippen LogP contribution in [0.2, 0.25) is 0 Å². The molecule has 3 rings (SSSR count). The molecule has 0 saturated carbocycles. The second-order valence-corrected chi connectivity index (χ2v) is 8.17. The van der Waals surface area contributed by atoms with Crippen LogP contribution in [0.1, 0.15) is 13.8 Å². The second-order valence-electron chi connectivity index (χ2n) is 5.95. The van der Waals surface area contributed by atoms with Crippen LogP contribution in [-0.2, 0) is 4.79 Å². The van der Waals surface area contributed by atoms with E-state index in [2.05, 4.69) is 31.4 Å². The van der Waals surface area contributed by atoms with Gasteiger partial charge in [0.2, 0.25) is 5.91 Å². The molecular weight excluding hydrogens is 440 g/mol. The molecule has 8 heteroatoms. The summed E-state index contributed by atoms with van der Waals surface area (Å²) >= 11 is 4.83. The molecule has 0 aliphatic rings. The van der Waals surface area contributed by atoms with Gasteiger partial charge >= 0.3 is 0 Å². The summed E-state index contributed by atoms with van der Waals surface area (Å²) < 4.78 is 8.50. The summed E-state index contributed by atoms with van der Waals surface area (Å²) in [5, 5.41) is 11.8. The Bertz CT molecular complexity index is 942. The van der Waals surface area contributed by atoms with E-state index < -0.39 is 0 Å². The van der Waals surface area contributed by atoms with Crippen LogP contribution in [0.5, 0.6) is 5.75 Å². The van der Waals surface area contributed by atoms with Crippen LogP contribution < -0.4 is 10.1 Å². The van der Waals surface area contributed by atoms with Gasteiger partial charge < -0.3 is 10.1 Å². The van der Waals surface area contributed by atoms with Crippen molar-refractivity contribution in [1.82, 2.24) is 20.1 Å². The highest BCUT2D eigenvalue weighted by molar-refractivity contribution is 9.10. The molecule has 1 amide bonds. The van der Waals surface area contributed by atoms with Gasteiger partial charge in [-0.2, -0.15) is 0 Å². The molecule has 3 aromatic rings. The Hall–Kier alpha value is -2.32. The molecule has 28 heavy (non-hydrogen) atoms. The quantitative estimate of drug-likeness (QED) is 0.531. The number of rotatable bonds is 7. The van der Waals surface area contributed by atoms with E-state index in [1.165, 1.54) is 11.8 Å². The lowest BCUT2D eigenvalue weighted by atomic mass is 10.2. The number of hydrogen-bond donors (Lipinski definition) is 1. The predicted octanol–water partition coefficient (Wildman–Crippen LogP) is 4.32. The smallest absolute Gasteiger partial charge is 0.233 e. The average Bonchev–Trinajstić information content (AvgIpc) is 3.12. The number of carbonyl (C=O) groups excluding carboxylic acids is 1. The molecule has 6 nitrogen and oxygen atoms in total. The van der Waals surface area contributed by atoms with E-state index in [1.54, 1.807) is 7.05 Å². The molecule has 0 fully saturated rings. The van der Waals surface area contributed by atoms with Crippen molar-refractivity contribution >= 4 is 33.6 Å². The predicted molar refractivity (Wildman–Crippen MR) is 115 cm³/mol. The van der Waals surface area contributed by atoms with Crippen molar-refractivity contribution < 1.29 is 9.53 Å². The topological polar surface area (TPSA) is 69.0 Å². The fraction of sp³-hybridized carbons (Fsp3) is 0.250. The van der Waals surface area contributed by atoms with Crippen LogP contribution in [0.15, 0.2) is 58.2 Å². The minimum Gasteiger partial charge on any atom is -0.494 e. The zero-order chi connectivity index (χ0) is 20.1. The van der Waals surface area contributed by atoms with Crippen molar-refractivity contribution in [2.75, 3.05) is 13.7 Å². The monoisotopic (exact) mass is 460 g/mol. The van der Waals surface area contributed by atoms with Crippen LogP contribution in [0.25, 0.3) is 17.1 Å². The molecule has 0 aliphatic carbocycles. The summed E-state index contributed by atoms with van der Waals surface area (Å²) in [5.41, 5.74) is 1.84. The molecule has 0 saturated heterocycles. The van der Waals surface area contributed by atoms with Gasteiger partial charge in [-0.3, -0.25) is 9.36 Å². The Kier molecular flexibility index (Phi) is 6.74. The lowest BCUT2D eigenvalue weighted by Crippen LogP contribution is -2.27.